The summed E-state index contributed by atoms with van der Waals surface area (Å²) in [6.07, 6.45) is 2.20. The van der Waals surface area contributed by atoms with E-state index in [9.17, 15) is 0 Å². The first-order valence-electron chi connectivity index (χ1n) is 16.5. The second-order valence-corrected chi connectivity index (χ2v) is 15.6. The third-order valence-electron chi connectivity index (χ3n) is 7.20. The van der Waals surface area contributed by atoms with Gasteiger partial charge in [0, 0.05) is 34.6 Å². The van der Waals surface area contributed by atoms with E-state index in [4.69, 9.17) is 4.98 Å². The molecular formula is C36H65N5S. The Morgan fingerprint density at radius 2 is 1.07 bits per heavy atom. The topological polar surface area (TPSA) is 59.4 Å². The molecule has 0 atom stereocenters. The first-order valence-corrected chi connectivity index (χ1v) is 17.3. The van der Waals surface area contributed by atoms with Gasteiger partial charge >= 0.3 is 0 Å². The maximum atomic E-state index is 4.75. The van der Waals surface area contributed by atoms with E-state index >= 15 is 0 Å². The van der Waals surface area contributed by atoms with Gasteiger partial charge < -0.3 is 4.98 Å². The zero-order valence-corrected chi connectivity index (χ0v) is 31.3. The zero-order chi connectivity index (χ0) is 32.6. The second kappa shape index (κ2) is 16.8. The highest BCUT2D eigenvalue weighted by Gasteiger charge is 2.19. The Morgan fingerprint density at radius 1 is 0.548 bits per heavy atom. The van der Waals surface area contributed by atoms with Gasteiger partial charge in [-0.1, -0.05) is 111 Å². The predicted octanol–water partition coefficient (Wildman–Crippen LogP) is 12.0. The van der Waals surface area contributed by atoms with Gasteiger partial charge in [0.2, 0.25) is 0 Å². The lowest BCUT2D eigenvalue weighted by molar-refractivity contribution is 0.522. The molecule has 0 aromatic carbocycles. The van der Waals surface area contributed by atoms with Crippen LogP contribution in [0.15, 0.2) is 6.20 Å². The fourth-order valence-electron chi connectivity index (χ4n) is 4.59. The van der Waals surface area contributed by atoms with Crippen LogP contribution >= 0.6 is 11.3 Å². The Hall–Kier alpha value is -1.95. The minimum Gasteiger partial charge on any atom is -0.345 e. The Morgan fingerprint density at radius 3 is 1.36 bits per heavy atom. The Bertz CT molecular complexity index is 961. The van der Waals surface area contributed by atoms with Crippen molar-refractivity contribution in [3.63, 3.8) is 0 Å². The third kappa shape index (κ3) is 10.6. The molecule has 0 spiro atoms. The van der Waals surface area contributed by atoms with Crippen LogP contribution in [-0.4, -0.2) is 24.7 Å². The summed E-state index contributed by atoms with van der Waals surface area (Å²) in [5, 5.41) is 5.94. The number of aromatic nitrogens is 5. The maximum absolute atomic E-state index is 4.75. The summed E-state index contributed by atoms with van der Waals surface area (Å²) in [5.74, 6) is 5.46. The van der Waals surface area contributed by atoms with Crippen molar-refractivity contribution in [1.29, 1.82) is 0 Å². The van der Waals surface area contributed by atoms with E-state index in [0.717, 1.165) is 5.82 Å². The number of hydrogen-bond acceptors (Lipinski definition) is 4. The molecule has 3 rings (SSSR count). The molecule has 0 bridgehead atoms. The highest BCUT2D eigenvalue weighted by molar-refractivity contribution is 7.11. The van der Waals surface area contributed by atoms with Crippen molar-refractivity contribution in [3.05, 3.63) is 50.2 Å². The molecule has 3 aromatic heterocycles. The summed E-state index contributed by atoms with van der Waals surface area (Å²) in [6, 6.07) is 0.458. The Labute approximate surface area is 263 Å². The SMILES string of the molecule is CC(C)c1cn(C(C)C)nc1C(C)C.CC(C)c1nc(C(C)C)c(C(C)C)[nH]1.CC(C)c1nc(C(C)C)c(C(C)C)s1. The molecule has 42 heavy (non-hydrogen) atoms. The lowest BCUT2D eigenvalue weighted by Gasteiger charge is -2.07. The van der Waals surface area contributed by atoms with Crippen LogP contribution in [0.25, 0.3) is 0 Å². The molecule has 0 aliphatic rings. The van der Waals surface area contributed by atoms with Crippen LogP contribution in [0.5, 0.6) is 0 Å². The molecule has 0 aliphatic carbocycles. The molecule has 3 aromatic rings. The average molecular weight is 600 g/mol. The van der Waals surface area contributed by atoms with Crippen molar-refractivity contribution in [1.82, 2.24) is 24.7 Å². The van der Waals surface area contributed by atoms with Gasteiger partial charge in [-0.2, -0.15) is 5.10 Å². The largest absolute Gasteiger partial charge is 0.345 e. The molecule has 0 saturated carbocycles. The summed E-state index contributed by atoms with van der Waals surface area (Å²) in [7, 11) is 0. The summed E-state index contributed by atoms with van der Waals surface area (Å²) < 4.78 is 2.07. The second-order valence-electron chi connectivity index (χ2n) is 14.5. The van der Waals surface area contributed by atoms with Crippen molar-refractivity contribution >= 4 is 11.3 Å². The van der Waals surface area contributed by atoms with Gasteiger partial charge in [-0.3, -0.25) is 4.68 Å². The van der Waals surface area contributed by atoms with Gasteiger partial charge in [0.15, 0.2) is 0 Å². The Balaban J connectivity index is 0.000000315. The summed E-state index contributed by atoms with van der Waals surface area (Å²) in [4.78, 5) is 14.4. The minimum absolute atomic E-state index is 0.458. The molecule has 1 N–H and O–H groups in total. The zero-order valence-electron chi connectivity index (χ0n) is 30.5. The predicted molar refractivity (Wildman–Crippen MR) is 186 cm³/mol. The summed E-state index contributed by atoms with van der Waals surface area (Å²) in [5.41, 5.74) is 6.52. The van der Waals surface area contributed by atoms with Crippen LogP contribution in [0.3, 0.4) is 0 Å². The average Bonchev–Trinajstić information content (AvgIpc) is 3.61. The standard InChI is InChI=1S/2C12H22N2.C12H21NS/c1-8(2)11-7-14(10(5)6)13-12(11)9(3)4;2*1-7(2)10-11(8(3)4)14-12(13-10)9(5)6/h7-10H,1-6H3;7-9H,1-6H3,(H,13,14);7-9H,1-6H3. The quantitative estimate of drug-likeness (QED) is 0.266. The van der Waals surface area contributed by atoms with E-state index in [1.807, 2.05) is 11.3 Å². The van der Waals surface area contributed by atoms with Crippen molar-refractivity contribution in [2.24, 2.45) is 0 Å². The maximum Gasteiger partial charge on any atom is 0.109 e. The van der Waals surface area contributed by atoms with E-state index in [1.165, 1.54) is 38.2 Å². The number of imidazole rings is 1. The fourth-order valence-corrected chi connectivity index (χ4v) is 5.81. The smallest absolute Gasteiger partial charge is 0.109 e. The number of thiazole rings is 1. The molecule has 5 nitrogen and oxygen atoms in total. The molecule has 0 saturated heterocycles. The van der Waals surface area contributed by atoms with Crippen LogP contribution in [0.4, 0.5) is 0 Å². The fraction of sp³-hybridized carbons (Fsp3) is 0.750. The first-order chi connectivity index (χ1) is 19.3. The molecule has 0 radical (unpaired) electrons. The van der Waals surface area contributed by atoms with Crippen LogP contribution < -0.4 is 0 Å². The summed E-state index contributed by atoms with van der Waals surface area (Å²) >= 11 is 1.89. The van der Waals surface area contributed by atoms with Gasteiger partial charge in [0.25, 0.3) is 0 Å². The molecule has 0 unspecified atom stereocenters. The van der Waals surface area contributed by atoms with E-state index in [2.05, 4.69) is 151 Å². The molecule has 6 heteroatoms. The van der Waals surface area contributed by atoms with Crippen LogP contribution in [0.2, 0.25) is 0 Å². The molecule has 0 aliphatic heterocycles. The van der Waals surface area contributed by atoms with Crippen molar-refractivity contribution in [2.45, 2.75) is 178 Å². The van der Waals surface area contributed by atoms with Gasteiger partial charge in [-0.15, -0.1) is 11.3 Å². The monoisotopic (exact) mass is 599 g/mol. The van der Waals surface area contributed by atoms with E-state index in [1.54, 1.807) is 0 Å². The van der Waals surface area contributed by atoms with Crippen LogP contribution in [0.1, 0.15) is 222 Å². The molecule has 3 heterocycles. The van der Waals surface area contributed by atoms with Crippen LogP contribution in [-0.2, 0) is 0 Å². The number of H-pyrrole nitrogens is 1. The van der Waals surface area contributed by atoms with E-state index < -0.39 is 0 Å². The highest BCUT2D eigenvalue weighted by Crippen LogP contribution is 2.34. The van der Waals surface area contributed by atoms with Crippen molar-refractivity contribution in [2.75, 3.05) is 0 Å². The molecular weight excluding hydrogens is 534 g/mol. The van der Waals surface area contributed by atoms with E-state index in [-0.39, 0.29) is 0 Å². The van der Waals surface area contributed by atoms with E-state index in [0.29, 0.717) is 53.4 Å². The lowest BCUT2D eigenvalue weighted by Crippen LogP contribution is -2.02. The van der Waals surface area contributed by atoms with Gasteiger partial charge in [-0.25, -0.2) is 9.97 Å². The number of aromatic amines is 1. The van der Waals surface area contributed by atoms with Gasteiger partial charge in [-0.05, 0) is 54.9 Å². The number of nitrogens with one attached hydrogen (secondary N) is 1. The van der Waals surface area contributed by atoms with Crippen molar-refractivity contribution in [3.8, 4) is 0 Å². The highest BCUT2D eigenvalue weighted by atomic mass is 32.1. The number of hydrogen-bond donors (Lipinski definition) is 1. The minimum atomic E-state index is 0.458. The normalized spacial score (nSPS) is 12.1. The molecule has 240 valence electrons. The molecule has 0 fully saturated rings. The van der Waals surface area contributed by atoms with Crippen LogP contribution in [0, 0.1) is 0 Å². The number of rotatable bonds is 9. The third-order valence-corrected chi connectivity index (χ3v) is 8.87. The first kappa shape index (κ1) is 38.1. The van der Waals surface area contributed by atoms with Gasteiger partial charge in [0.1, 0.15) is 5.82 Å². The number of nitrogens with zero attached hydrogens (tertiary/aromatic N) is 4. The Kier molecular flexibility index (Phi) is 15.2. The van der Waals surface area contributed by atoms with Crippen molar-refractivity contribution < 1.29 is 0 Å². The lowest BCUT2D eigenvalue weighted by atomic mass is 9.98. The summed E-state index contributed by atoms with van der Waals surface area (Å²) in [6.45, 7) is 39.8. The molecule has 0 amide bonds. The van der Waals surface area contributed by atoms with Gasteiger partial charge in [0.05, 0.1) is 22.1 Å².